The average molecular weight is 520 g/mol. The Morgan fingerprint density at radius 1 is 1.03 bits per heavy atom. The summed E-state index contributed by atoms with van der Waals surface area (Å²) >= 11 is 1.20. The van der Waals surface area contributed by atoms with Crippen LogP contribution in [0.1, 0.15) is 36.3 Å². The first-order chi connectivity index (χ1) is 17.4. The van der Waals surface area contributed by atoms with Gasteiger partial charge in [0.15, 0.2) is 0 Å². The SMILES string of the molecule is O=C(O)CCOC1=CC=C2C=c3sc(S(=O)(=O)CCC(c4ccccc4)c4ccccc4)nc3=C2C1. The number of benzene rings is 2. The predicted molar refractivity (Wildman–Crippen MR) is 140 cm³/mol. The summed E-state index contributed by atoms with van der Waals surface area (Å²) in [5, 5.41) is 9.50. The first-order valence-corrected chi connectivity index (χ1v) is 14.2. The minimum Gasteiger partial charge on any atom is -0.497 e. The van der Waals surface area contributed by atoms with E-state index in [4.69, 9.17) is 9.84 Å². The molecule has 1 heterocycles. The molecule has 3 aromatic rings. The Kier molecular flexibility index (Phi) is 6.89. The number of fused-ring (bicyclic) bond motifs is 2. The second kappa shape index (κ2) is 10.2. The Hall–Kier alpha value is -3.49. The molecule has 0 saturated carbocycles. The van der Waals surface area contributed by atoms with Crippen molar-refractivity contribution >= 4 is 38.8 Å². The van der Waals surface area contributed by atoms with Gasteiger partial charge in [0, 0.05) is 12.3 Å². The fourth-order valence-corrected chi connectivity index (χ4v) is 7.25. The van der Waals surface area contributed by atoms with Gasteiger partial charge in [0.2, 0.25) is 14.2 Å². The van der Waals surface area contributed by atoms with Crippen LogP contribution in [0, 0.1) is 0 Å². The second-order valence-corrected chi connectivity index (χ2v) is 12.0. The molecule has 0 amide bonds. The molecule has 0 spiro atoms. The molecule has 8 heteroatoms. The summed E-state index contributed by atoms with van der Waals surface area (Å²) in [4.78, 5) is 15.3. The number of ether oxygens (including phenoxy) is 1. The van der Waals surface area contributed by atoms with Gasteiger partial charge in [-0.25, -0.2) is 13.4 Å². The van der Waals surface area contributed by atoms with Crippen molar-refractivity contribution < 1.29 is 23.1 Å². The molecular weight excluding hydrogens is 494 g/mol. The Labute approximate surface area is 213 Å². The fourth-order valence-electron chi connectivity index (χ4n) is 4.50. The van der Waals surface area contributed by atoms with Crippen molar-refractivity contribution in [1.29, 1.82) is 0 Å². The molecule has 0 aliphatic heterocycles. The van der Waals surface area contributed by atoms with Gasteiger partial charge in [-0.3, -0.25) is 4.79 Å². The number of rotatable bonds is 10. The number of allylic oxidation sites excluding steroid dienone is 4. The van der Waals surface area contributed by atoms with Crippen LogP contribution in [0.2, 0.25) is 0 Å². The highest BCUT2D eigenvalue weighted by Gasteiger charge is 2.26. The Bertz CT molecular complexity index is 1530. The van der Waals surface area contributed by atoms with Gasteiger partial charge < -0.3 is 9.84 Å². The van der Waals surface area contributed by atoms with Gasteiger partial charge in [0.25, 0.3) is 0 Å². The summed E-state index contributed by atoms with van der Waals surface area (Å²) < 4.78 is 33.3. The van der Waals surface area contributed by atoms with E-state index in [1.54, 1.807) is 0 Å². The molecule has 1 aromatic heterocycles. The summed E-state index contributed by atoms with van der Waals surface area (Å²) in [7, 11) is -3.58. The number of hydrogen-bond acceptors (Lipinski definition) is 6. The maximum Gasteiger partial charge on any atom is 0.306 e. The largest absolute Gasteiger partial charge is 0.497 e. The van der Waals surface area contributed by atoms with Gasteiger partial charge in [-0.15, -0.1) is 11.3 Å². The van der Waals surface area contributed by atoms with Crippen molar-refractivity contribution in [1.82, 2.24) is 4.98 Å². The Morgan fingerprint density at radius 2 is 1.69 bits per heavy atom. The third kappa shape index (κ3) is 5.20. The van der Waals surface area contributed by atoms with Gasteiger partial charge in [0.1, 0.15) is 5.76 Å². The topological polar surface area (TPSA) is 93.6 Å². The van der Waals surface area contributed by atoms with E-state index in [1.807, 2.05) is 78.9 Å². The maximum absolute atomic E-state index is 13.4. The van der Waals surface area contributed by atoms with Crippen LogP contribution in [-0.4, -0.2) is 36.8 Å². The lowest BCUT2D eigenvalue weighted by molar-refractivity contribution is -0.137. The summed E-state index contributed by atoms with van der Waals surface area (Å²) in [5.41, 5.74) is 4.08. The Balaban J connectivity index is 1.36. The first-order valence-electron chi connectivity index (χ1n) is 11.7. The number of sulfone groups is 1. The summed E-state index contributed by atoms with van der Waals surface area (Å²) in [6.07, 6.45) is 6.54. The van der Waals surface area contributed by atoms with Gasteiger partial charge in [-0.1, -0.05) is 66.7 Å². The van der Waals surface area contributed by atoms with Crippen LogP contribution < -0.4 is 9.88 Å². The lowest BCUT2D eigenvalue weighted by Gasteiger charge is -2.18. The number of thiazole rings is 1. The number of carbonyl (C=O) groups is 1. The van der Waals surface area contributed by atoms with Crippen LogP contribution in [0.25, 0.3) is 11.6 Å². The van der Waals surface area contributed by atoms with Crippen LogP contribution in [0.3, 0.4) is 0 Å². The number of carboxylic acids is 1. The molecule has 2 aromatic carbocycles. The van der Waals surface area contributed by atoms with E-state index in [-0.39, 0.29) is 29.0 Å². The zero-order valence-corrected chi connectivity index (χ0v) is 21.1. The number of carboxylic acid groups (broad SMARTS) is 1. The van der Waals surface area contributed by atoms with E-state index in [0.717, 1.165) is 26.8 Å². The summed E-state index contributed by atoms with van der Waals surface area (Å²) in [6.45, 7) is 0.0921. The van der Waals surface area contributed by atoms with Crippen molar-refractivity contribution in [3.63, 3.8) is 0 Å². The average Bonchev–Trinajstić information content (AvgIpc) is 3.44. The molecule has 0 bridgehead atoms. The van der Waals surface area contributed by atoms with Crippen molar-refractivity contribution in [2.75, 3.05) is 12.4 Å². The summed E-state index contributed by atoms with van der Waals surface area (Å²) in [6, 6.07) is 20.0. The van der Waals surface area contributed by atoms with Crippen molar-refractivity contribution in [2.45, 2.75) is 29.5 Å². The number of hydrogen-bond donors (Lipinski definition) is 1. The van der Waals surface area contributed by atoms with Gasteiger partial charge in [-0.05, 0) is 40.8 Å². The first kappa shape index (κ1) is 24.2. The third-order valence-corrected chi connectivity index (χ3v) is 9.51. The fraction of sp³-hybridized carbons (Fsp3) is 0.214. The maximum atomic E-state index is 13.4. The number of nitrogens with zero attached hydrogens (tertiary/aromatic N) is 1. The molecule has 0 saturated heterocycles. The van der Waals surface area contributed by atoms with Crippen molar-refractivity contribution in [2.24, 2.45) is 0 Å². The lowest BCUT2D eigenvalue weighted by Crippen LogP contribution is -2.21. The van der Waals surface area contributed by atoms with Crippen LogP contribution in [0.4, 0.5) is 0 Å². The van der Waals surface area contributed by atoms with Gasteiger partial charge >= 0.3 is 5.97 Å². The number of aromatic nitrogens is 1. The molecule has 6 nitrogen and oxygen atoms in total. The quantitative estimate of drug-likeness (QED) is 0.438. The van der Waals surface area contributed by atoms with Crippen molar-refractivity contribution in [3.8, 4) is 0 Å². The minimum atomic E-state index is -3.58. The number of aliphatic carboxylic acids is 1. The molecule has 0 radical (unpaired) electrons. The smallest absolute Gasteiger partial charge is 0.306 e. The molecule has 1 N–H and O–H groups in total. The van der Waals surface area contributed by atoms with E-state index in [1.165, 1.54) is 11.3 Å². The van der Waals surface area contributed by atoms with E-state index in [9.17, 15) is 13.2 Å². The Morgan fingerprint density at radius 3 is 2.33 bits per heavy atom. The highest BCUT2D eigenvalue weighted by molar-refractivity contribution is 7.93. The molecule has 0 fully saturated rings. The molecule has 0 atom stereocenters. The normalized spacial score (nSPS) is 14.5. The zero-order valence-electron chi connectivity index (χ0n) is 19.5. The van der Waals surface area contributed by atoms with Crippen molar-refractivity contribution in [3.05, 3.63) is 105 Å². The van der Waals surface area contributed by atoms with Gasteiger partial charge in [0.05, 0.1) is 28.7 Å². The molecule has 0 unspecified atom stereocenters. The lowest BCUT2D eigenvalue weighted by atomic mass is 9.89. The molecular formula is C28H25NO5S2. The van der Waals surface area contributed by atoms with E-state index >= 15 is 0 Å². The van der Waals surface area contributed by atoms with Crippen LogP contribution in [0.5, 0.6) is 0 Å². The third-order valence-electron chi connectivity index (χ3n) is 6.30. The van der Waals surface area contributed by atoms with E-state index < -0.39 is 15.8 Å². The van der Waals surface area contributed by atoms with Gasteiger partial charge in [-0.2, -0.15) is 0 Å². The second-order valence-electron chi connectivity index (χ2n) is 8.72. The van der Waals surface area contributed by atoms with E-state index in [0.29, 0.717) is 23.9 Å². The predicted octanol–water partition coefficient (Wildman–Crippen LogP) is 3.79. The van der Waals surface area contributed by atoms with Crippen LogP contribution in [-0.2, 0) is 19.4 Å². The van der Waals surface area contributed by atoms with Crippen LogP contribution >= 0.6 is 11.3 Å². The highest BCUT2D eigenvalue weighted by atomic mass is 32.2. The minimum absolute atomic E-state index is 0.00463. The van der Waals surface area contributed by atoms with E-state index in [2.05, 4.69) is 4.98 Å². The summed E-state index contributed by atoms with van der Waals surface area (Å²) in [5.74, 6) is -0.293. The highest BCUT2D eigenvalue weighted by Crippen LogP contribution is 2.31. The van der Waals surface area contributed by atoms with Crippen LogP contribution in [0.15, 0.2) is 88.5 Å². The molecule has 36 heavy (non-hydrogen) atoms. The molecule has 184 valence electrons. The zero-order chi connectivity index (χ0) is 25.1. The molecule has 5 rings (SSSR count). The molecule has 2 aliphatic carbocycles. The monoisotopic (exact) mass is 519 g/mol. The molecule has 2 aliphatic rings. The standard InChI is InChI=1S/C28H25NO5S2/c30-26(31)13-15-34-22-12-11-21-17-25-27(24(21)18-22)29-28(35-25)36(32,33)16-14-23(19-7-3-1-4-8-19)20-9-5-2-6-10-20/h1-12,17,23H,13-16,18H2,(H,30,31).